The molecule has 0 radical (unpaired) electrons. The smallest absolute Gasteiger partial charge is 0.137 e. The van der Waals surface area contributed by atoms with Gasteiger partial charge in [-0.15, -0.1) is 0 Å². The highest BCUT2D eigenvalue weighted by molar-refractivity contribution is 9.10. The van der Waals surface area contributed by atoms with Gasteiger partial charge in [0.15, 0.2) is 0 Å². The maximum absolute atomic E-state index is 8.89. The fourth-order valence-electron chi connectivity index (χ4n) is 2.14. The lowest BCUT2D eigenvalue weighted by atomic mass is 10.1. The number of para-hydroxylation sites is 1. The average molecular weight is 345 g/mol. The SMILES string of the molecule is Cc1cc(C#N)ccc1COc1c(Br)cccc1CCN. The van der Waals surface area contributed by atoms with Crippen LogP contribution in [0.3, 0.4) is 0 Å². The molecule has 0 spiro atoms. The van der Waals surface area contributed by atoms with E-state index in [0.717, 1.165) is 33.3 Å². The Morgan fingerprint density at radius 1 is 1.24 bits per heavy atom. The van der Waals surface area contributed by atoms with Gasteiger partial charge in [-0.1, -0.05) is 18.2 Å². The molecule has 2 N–H and O–H groups in total. The van der Waals surface area contributed by atoms with E-state index in [4.69, 9.17) is 15.7 Å². The summed E-state index contributed by atoms with van der Waals surface area (Å²) in [4.78, 5) is 0. The number of nitrogens with two attached hydrogens (primary N) is 1. The van der Waals surface area contributed by atoms with Crippen molar-refractivity contribution in [2.24, 2.45) is 5.73 Å². The summed E-state index contributed by atoms with van der Waals surface area (Å²) in [6, 6.07) is 13.7. The van der Waals surface area contributed by atoms with Crippen LogP contribution in [-0.2, 0) is 13.0 Å². The third-order valence-corrected chi connectivity index (χ3v) is 3.93. The van der Waals surface area contributed by atoms with E-state index in [-0.39, 0.29) is 0 Å². The summed E-state index contributed by atoms with van der Waals surface area (Å²) in [5, 5.41) is 8.89. The number of hydrogen-bond acceptors (Lipinski definition) is 3. The fraction of sp³-hybridized carbons (Fsp3) is 0.235. The first-order valence-electron chi connectivity index (χ1n) is 6.75. The van der Waals surface area contributed by atoms with Crippen LogP contribution in [0.2, 0.25) is 0 Å². The predicted octanol–water partition coefficient (Wildman–Crippen LogP) is 3.71. The van der Waals surface area contributed by atoms with Gasteiger partial charge in [0.1, 0.15) is 12.4 Å². The van der Waals surface area contributed by atoms with Crippen LogP contribution < -0.4 is 10.5 Å². The van der Waals surface area contributed by atoms with Gasteiger partial charge in [-0.3, -0.25) is 0 Å². The van der Waals surface area contributed by atoms with Gasteiger partial charge in [-0.25, -0.2) is 0 Å². The lowest BCUT2D eigenvalue weighted by Crippen LogP contribution is -2.06. The minimum Gasteiger partial charge on any atom is -0.487 e. The molecular weight excluding hydrogens is 328 g/mol. The molecule has 0 aliphatic heterocycles. The van der Waals surface area contributed by atoms with Crippen molar-refractivity contribution in [1.29, 1.82) is 5.26 Å². The lowest BCUT2D eigenvalue weighted by molar-refractivity contribution is 0.300. The van der Waals surface area contributed by atoms with Crippen molar-refractivity contribution < 1.29 is 4.74 Å². The molecule has 0 aromatic heterocycles. The minimum atomic E-state index is 0.470. The average Bonchev–Trinajstić information content (AvgIpc) is 2.48. The Hall–Kier alpha value is -1.83. The molecule has 2 aromatic rings. The third kappa shape index (κ3) is 3.84. The molecule has 0 saturated heterocycles. The Kier molecular flexibility index (Phi) is 5.38. The molecule has 0 bridgehead atoms. The summed E-state index contributed by atoms with van der Waals surface area (Å²) in [5.74, 6) is 0.840. The van der Waals surface area contributed by atoms with E-state index in [1.54, 1.807) is 0 Å². The lowest BCUT2D eigenvalue weighted by Gasteiger charge is -2.14. The summed E-state index contributed by atoms with van der Waals surface area (Å²) < 4.78 is 6.91. The van der Waals surface area contributed by atoms with Crippen molar-refractivity contribution in [3.05, 3.63) is 63.1 Å². The predicted molar refractivity (Wildman–Crippen MR) is 87.1 cm³/mol. The zero-order chi connectivity index (χ0) is 15.2. The summed E-state index contributed by atoms with van der Waals surface area (Å²) in [7, 11) is 0. The Balaban J connectivity index is 2.19. The molecule has 0 saturated carbocycles. The molecular formula is C17H17BrN2O. The molecule has 0 unspecified atom stereocenters. The van der Waals surface area contributed by atoms with Gasteiger partial charge in [-0.2, -0.15) is 5.26 Å². The number of ether oxygens (including phenoxy) is 1. The van der Waals surface area contributed by atoms with E-state index in [1.165, 1.54) is 0 Å². The van der Waals surface area contributed by atoms with Gasteiger partial charge in [0.05, 0.1) is 16.1 Å². The highest BCUT2D eigenvalue weighted by Crippen LogP contribution is 2.30. The molecule has 0 aliphatic carbocycles. The number of benzene rings is 2. The van der Waals surface area contributed by atoms with Crippen LogP contribution in [0.1, 0.15) is 22.3 Å². The molecule has 2 rings (SSSR count). The van der Waals surface area contributed by atoms with Crippen LogP contribution >= 0.6 is 15.9 Å². The van der Waals surface area contributed by atoms with E-state index in [9.17, 15) is 0 Å². The molecule has 3 nitrogen and oxygen atoms in total. The Morgan fingerprint density at radius 3 is 2.71 bits per heavy atom. The summed E-state index contributed by atoms with van der Waals surface area (Å²) in [6.07, 6.45) is 0.779. The molecule has 0 atom stereocenters. The maximum atomic E-state index is 8.89. The van der Waals surface area contributed by atoms with Gasteiger partial charge < -0.3 is 10.5 Å². The highest BCUT2D eigenvalue weighted by atomic mass is 79.9. The van der Waals surface area contributed by atoms with Crippen molar-refractivity contribution in [3.63, 3.8) is 0 Å². The van der Waals surface area contributed by atoms with Crippen LogP contribution in [0.5, 0.6) is 5.75 Å². The largest absolute Gasteiger partial charge is 0.487 e. The molecule has 2 aromatic carbocycles. The molecule has 4 heteroatoms. The molecule has 0 amide bonds. The standard InChI is InChI=1S/C17H17BrN2O/c1-12-9-13(10-20)5-6-15(12)11-21-17-14(7-8-19)3-2-4-16(17)18/h2-6,9H,7-8,11,19H2,1H3. The first-order valence-corrected chi connectivity index (χ1v) is 7.55. The summed E-state index contributed by atoms with van der Waals surface area (Å²) in [5.41, 5.74) is 9.53. The molecule has 0 aliphatic rings. The van der Waals surface area contributed by atoms with Gasteiger partial charge >= 0.3 is 0 Å². The minimum absolute atomic E-state index is 0.470. The second kappa shape index (κ2) is 7.26. The number of rotatable bonds is 5. The van der Waals surface area contributed by atoms with Crippen molar-refractivity contribution in [3.8, 4) is 11.8 Å². The van der Waals surface area contributed by atoms with Gasteiger partial charge in [0, 0.05) is 0 Å². The van der Waals surface area contributed by atoms with Crippen LogP contribution in [-0.4, -0.2) is 6.54 Å². The summed E-state index contributed by atoms with van der Waals surface area (Å²) >= 11 is 3.52. The maximum Gasteiger partial charge on any atom is 0.137 e. The quantitative estimate of drug-likeness (QED) is 0.899. The molecule has 108 valence electrons. The first kappa shape index (κ1) is 15.6. The highest BCUT2D eigenvalue weighted by Gasteiger charge is 2.09. The van der Waals surface area contributed by atoms with Crippen molar-refractivity contribution >= 4 is 15.9 Å². The topological polar surface area (TPSA) is 59.0 Å². The van der Waals surface area contributed by atoms with E-state index >= 15 is 0 Å². The number of hydrogen-bond donors (Lipinski definition) is 1. The van der Waals surface area contributed by atoms with Crippen LogP contribution in [0.15, 0.2) is 40.9 Å². The normalized spacial score (nSPS) is 10.2. The number of aryl methyl sites for hydroxylation is 1. The fourth-order valence-corrected chi connectivity index (χ4v) is 2.67. The third-order valence-electron chi connectivity index (χ3n) is 3.31. The van der Waals surface area contributed by atoms with Crippen LogP contribution in [0.4, 0.5) is 0 Å². The number of halogens is 1. The van der Waals surface area contributed by atoms with Gasteiger partial charge in [0.25, 0.3) is 0 Å². The second-order valence-corrected chi connectivity index (χ2v) is 5.66. The van der Waals surface area contributed by atoms with E-state index in [1.807, 2.05) is 43.3 Å². The zero-order valence-electron chi connectivity index (χ0n) is 11.9. The van der Waals surface area contributed by atoms with Gasteiger partial charge in [-0.05, 0) is 70.7 Å². The monoisotopic (exact) mass is 344 g/mol. The summed E-state index contributed by atoms with van der Waals surface area (Å²) in [6.45, 7) is 3.04. The number of nitriles is 1. The Bertz CT molecular complexity index is 677. The zero-order valence-corrected chi connectivity index (χ0v) is 13.5. The Morgan fingerprint density at radius 2 is 2.05 bits per heavy atom. The van der Waals surface area contributed by atoms with E-state index in [0.29, 0.717) is 18.7 Å². The molecule has 0 fully saturated rings. The van der Waals surface area contributed by atoms with Gasteiger partial charge in [0.2, 0.25) is 0 Å². The van der Waals surface area contributed by atoms with Crippen LogP contribution in [0.25, 0.3) is 0 Å². The van der Waals surface area contributed by atoms with E-state index in [2.05, 4.69) is 22.0 Å². The van der Waals surface area contributed by atoms with Crippen molar-refractivity contribution in [2.75, 3.05) is 6.54 Å². The number of nitrogens with zero attached hydrogens (tertiary/aromatic N) is 1. The van der Waals surface area contributed by atoms with Crippen LogP contribution in [0, 0.1) is 18.3 Å². The Labute approximate surface area is 133 Å². The molecule has 21 heavy (non-hydrogen) atoms. The van der Waals surface area contributed by atoms with Crippen molar-refractivity contribution in [2.45, 2.75) is 20.0 Å². The first-order chi connectivity index (χ1) is 10.2. The van der Waals surface area contributed by atoms with E-state index < -0.39 is 0 Å². The van der Waals surface area contributed by atoms with Crippen molar-refractivity contribution in [1.82, 2.24) is 0 Å². The molecule has 0 heterocycles. The second-order valence-electron chi connectivity index (χ2n) is 4.81.